The average molecular weight is 271 g/mol. The Morgan fingerprint density at radius 3 is 2.59 bits per heavy atom. The van der Waals surface area contributed by atoms with Gasteiger partial charge in [-0.3, -0.25) is 0 Å². The van der Waals surface area contributed by atoms with E-state index in [0.29, 0.717) is 0 Å². The van der Waals surface area contributed by atoms with Gasteiger partial charge in [0.2, 0.25) is 0 Å². The van der Waals surface area contributed by atoms with E-state index in [-0.39, 0.29) is 10.7 Å². The maximum atomic E-state index is 13.1. The largest absolute Gasteiger partial charge is 0.405 e. The summed E-state index contributed by atoms with van der Waals surface area (Å²) in [5.41, 5.74) is -0.294. The lowest BCUT2D eigenvalue weighted by atomic mass is 10.3. The predicted molar refractivity (Wildman–Crippen MR) is 54.5 cm³/mol. The number of anilines is 1. The minimum Gasteiger partial charge on any atom is -0.329 e. The fourth-order valence-corrected chi connectivity index (χ4v) is 1.11. The molecule has 0 unspecified atom stereocenters. The molecule has 3 nitrogen and oxygen atoms in total. The van der Waals surface area contributed by atoms with E-state index in [1.54, 1.807) is 0 Å². The first-order valence-corrected chi connectivity index (χ1v) is 4.72. The van der Waals surface area contributed by atoms with Gasteiger partial charge in [0, 0.05) is 5.02 Å². The van der Waals surface area contributed by atoms with E-state index in [4.69, 9.17) is 11.6 Å². The molecule has 0 bridgehead atoms. The van der Waals surface area contributed by atoms with Gasteiger partial charge in [-0.05, 0) is 18.2 Å². The number of nitrogens with one attached hydrogen (secondary N) is 2. The second-order valence-corrected chi connectivity index (χ2v) is 3.48. The molecular weight excluding hydrogens is 264 g/mol. The molecule has 0 fully saturated rings. The van der Waals surface area contributed by atoms with Crippen molar-refractivity contribution in [3.8, 4) is 0 Å². The van der Waals surface area contributed by atoms with Gasteiger partial charge in [-0.1, -0.05) is 11.6 Å². The fraction of sp³-hybridized carbons (Fsp3) is 0.222. The van der Waals surface area contributed by atoms with Crippen molar-refractivity contribution >= 4 is 23.3 Å². The molecule has 0 spiro atoms. The third-order valence-electron chi connectivity index (χ3n) is 1.63. The summed E-state index contributed by atoms with van der Waals surface area (Å²) in [6.45, 7) is -1.50. The van der Waals surface area contributed by atoms with E-state index in [2.05, 4.69) is 0 Å². The van der Waals surface area contributed by atoms with Gasteiger partial charge in [0.05, 0.1) is 5.69 Å². The third-order valence-corrected chi connectivity index (χ3v) is 1.86. The fourth-order valence-electron chi connectivity index (χ4n) is 0.940. The molecule has 1 aromatic rings. The van der Waals surface area contributed by atoms with E-state index in [9.17, 15) is 22.4 Å². The summed E-state index contributed by atoms with van der Waals surface area (Å²) in [5.74, 6) is -0.795. The van der Waals surface area contributed by atoms with Crippen LogP contribution >= 0.6 is 11.6 Å². The number of rotatable bonds is 2. The molecule has 2 N–H and O–H groups in total. The number of amides is 2. The molecule has 94 valence electrons. The zero-order chi connectivity index (χ0) is 13.1. The van der Waals surface area contributed by atoms with E-state index >= 15 is 0 Å². The summed E-state index contributed by atoms with van der Waals surface area (Å²) in [6.07, 6.45) is -4.52. The van der Waals surface area contributed by atoms with Crippen LogP contribution in [0.4, 0.5) is 28.0 Å². The summed E-state index contributed by atoms with van der Waals surface area (Å²) in [5, 5.41) is 3.60. The minimum atomic E-state index is -4.52. The van der Waals surface area contributed by atoms with Crippen LogP contribution in [-0.2, 0) is 0 Å². The van der Waals surface area contributed by atoms with Crippen molar-refractivity contribution in [2.45, 2.75) is 6.18 Å². The van der Waals surface area contributed by atoms with Crippen molar-refractivity contribution in [1.29, 1.82) is 0 Å². The Morgan fingerprint density at radius 2 is 2.00 bits per heavy atom. The average Bonchev–Trinajstić information content (AvgIpc) is 2.20. The summed E-state index contributed by atoms with van der Waals surface area (Å²) in [7, 11) is 0. The molecule has 17 heavy (non-hydrogen) atoms. The first-order valence-electron chi connectivity index (χ1n) is 4.34. The highest BCUT2D eigenvalue weighted by molar-refractivity contribution is 6.30. The van der Waals surface area contributed by atoms with E-state index in [1.165, 1.54) is 11.4 Å². The summed E-state index contributed by atoms with van der Waals surface area (Å²) < 4.78 is 48.4. The molecule has 1 rings (SSSR count). The van der Waals surface area contributed by atoms with Crippen molar-refractivity contribution in [2.75, 3.05) is 11.9 Å². The second-order valence-electron chi connectivity index (χ2n) is 3.05. The maximum Gasteiger partial charge on any atom is 0.405 e. The van der Waals surface area contributed by atoms with Gasteiger partial charge in [-0.2, -0.15) is 13.2 Å². The highest BCUT2D eigenvalue weighted by atomic mass is 35.5. The highest BCUT2D eigenvalue weighted by Crippen LogP contribution is 2.19. The zero-order valence-corrected chi connectivity index (χ0v) is 8.99. The summed E-state index contributed by atoms with van der Waals surface area (Å²) in [6, 6.07) is 2.16. The number of halogens is 5. The molecule has 0 aromatic heterocycles. The normalized spacial score (nSPS) is 11.1. The number of hydrogen-bond acceptors (Lipinski definition) is 1. The lowest BCUT2D eigenvalue weighted by molar-refractivity contribution is -0.122. The van der Waals surface area contributed by atoms with Crippen molar-refractivity contribution in [3.05, 3.63) is 29.0 Å². The molecule has 0 radical (unpaired) electrons. The predicted octanol–water partition coefficient (Wildman–Crippen LogP) is 3.16. The molecule has 0 aliphatic heterocycles. The Morgan fingerprint density at radius 1 is 1.35 bits per heavy atom. The topological polar surface area (TPSA) is 41.1 Å². The van der Waals surface area contributed by atoms with Gasteiger partial charge in [-0.25, -0.2) is 9.18 Å². The first-order chi connectivity index (χ1) is 7.78. The van der Waals surface area contributed by atoms with Crippen LogP contribution in [0.15, 0.2) is 18.2 Å². The molecule has 0 aliphatic rings. The van der Waals surface area contributed by atoms with Crippen LogP contribution < -0.4 is 10.6 Å². The number of carbonyl (C=O) groups excluding carboxylic acids is 1. The molecular formula is C9H7ClF4N2O. The Labute approximate surface area is 98.8 Å². The Bertz CT molecular complexity index is 422. The van der Waals surface area contributed by atoms with E-state index in [1.807, 2.05) is 5.32 Å². The number of alkyl halides is 3. The van der Waals surface area contributed by atoms with Crippen LogP contribution in [0.2, 0.25) is 5.02 Å². The van der Waals surface area contributed by atoms with Crippen LogP contribution in [0.25, 0.3) is 0 Å². The standard InChI is InChI=1S/C9H7ClF4N2O/c10-5-1-2-6(11)7(3-5)16-8(17)15-4-9(12,13)14/h1-3H,4H2,(H2,15,16,17). The Hall–Kier alpha value is -1.50. The monoisotopic (exact) mass is 270 g/mol. The highest BCUT2D eigenvalue weighted by Gasteiger charge is 2.27. The van der Waals surface area contributed by atoms with Crippen LogP contribution in [-0.4, -0.2) is 18.8 Å². The van der Waals surface area contributed by atoms with E-state index in [0.717, 1.165) is 12.1 Å². The van der Waals surface area contributed by atoms with E-state index < -0.39 is 24.6 Å². The van der Waals surface area contributed by atoms with Gasteiger partial charge in [-0.15, -0.1) is 0 Å². The van der Waals surface area contributed by atoms with Gasteiger partial charge in [0.15, 0.2) is 0 Å². The SMILES string of the molecule is O=C(NCC(F)(F)F)Nc1cc(Cl)ccc1F. The lowest BCUT2D eigenvalue weighted by Gasteiger charge is -2.10. The van der Waals surface area contributed by atoms with Crippen LogP contribution in [0.5, 0.6) is 0 Å². The number of benzene rings is 1. The Kier molecular flexibility index (Phi) is 4.17. The first kappa shape index (κ1) is 13.6. The van der Waals surface area contributed by atoms with Crippen molar-refractivity contribution in [3.63, 3.8) is 0 Å². The lowest BCUT2D eigenvalue weighted by Crippen LogP contribution is -2.36. The van der Waals surface area contributed by atoms with Gasteiger partial charge in [0.25, 0.3) is 0 Å². The summed E-state index contributed by atoms with van der Waals surface area (Å²) >= 11 is 5.53. The van der Waals surface area contributed by atoms with Gasteiger partial charge >= 0.3 is 12.2 Å². The second kappa shape index (κ2) is 5.22. The van der Waals surface area contributed by atoms with Gasteiger partial charge < -0.3 is 10.6 Å². The smallest absolute Gasteiger partial charge is 0.329 e. The quantitative estimate of drug-likeness (QED) is 0.796. The molecule has 2 amide bonds. The van der Waals surface area contributed by atoms with Crippen LogP contribution in [0.1, 0.15) is 0 Å². The minimum absolute atomic E-state index is 0.150. The zero-order valence-electron chi connectivity index (χ0n) is 8.24. The summed E-state index contributed by atoms with van der Waals surface area (Å²) in [4.78, 5) is 11.0. The maximum absolute atomic E-state index is 13.1. The van der Waals surface area contributed by atoms with Crippen LogP contribution in [0, 0.1) is 5.82 Å². The number of carbonyl (C=O) groups is 1. The van der Waals surface area contributed by atoms with Gasteiger partial charge in [0.1, 0.15) is 12.4 Å². The van der Waals surface area contributed by atoms with Crippen molar-refractivity contribution < 1.29 is 22.4 Å². The van der Waals surface area contributed by atoms with Crippen molar-refractivity contribution in [2.24, 2.45) is 0 Å². The third kappa shape index (κ3) is 4.90. The number of urea groups is 1. The Balaban J connectivity index is 2.59. The molecule has 0 aliphatic carbocycles. The molecule has 0 saturated heterocycles. The molecule has 1 aromatic carbocycles. The molecule has 0 atom stereocenters. The van der Waals surface area contributed by atoms with Crippen molar-refractivity contribution in [1.82, 2.24) is 5.32 Å². The van der Waals surface area contributed by atoms with Crippen LogP contribution in [0.3, 0.4) is 0 Å². The molecule has 0 heterocycles. The molecule has 0 saturated carbocycles. The molecule has 8 heteroatoms. The number of hydrogen-bond donors (Lipinski definition) is 2.